The quantitative estimate of drug-likeness (QED) is 0.849. The third-order valence-corrected chi connectivity index (χ3v) is 2.62. The summed E-state index contributed by atoms with van der Waals surface area (Å²) in [4.78, 5) is 13.4. The van der Waals surface area contributed by atoms with Crippen LogP contribution < -0.4 is 0 Å². The molecule has 1 N–H and O–H groups in total. The number of pyridine rings is 1. The van der Waals surface area contributed by atoms with Gasteiger partial charge in [-0.3, -0.25) is 0 Å². The zero-order chi connectivity index (χ0) is 13.4. The number of alkyl halides is 5. The molecule has 0 saturated carbocycles. The second-order valence-corrected chi connectivity index (χ2v) is 3.65. The van der Waals surface area contributed by atoms with Gasteiger partial charge in [-0.1, -0.05) is 0 Å². The number of aromatic carboxylic acids is 1. The number of nitrogens with zero attached hydrogens (tertiary/aromatic N) is 1. The van der Waals surface area contributed by atoms with E-state index in [9.17, 15) is 26.7 Å². The Hall–Kier alpha value is -1.25. The van der Waals surface area contributed by atoms with E-state index in [0.717, 1.165) is 0 Å². The van der Waals surface area contributed by atoms with Crippen molar-refractivity contribution in [2.75, 3.05) is 0 Å². The molecule has 0 aliphatic rings. The number of aromatic nitrogens is 1. The van der Waals surface area contributed by atoms with Gasteiger partial charge in [-0.05, 0) is 15.9 Å². The fourth-order valence-corrected chi connectivity index (χ4v) is 1.76. The van der Waals surface area contributed by atoms with Crippen LogP contribution in [0.1, 0.15) is 28.0 Å². The minimum atomic E-state index is -5.09. The lowest BCUT2D eigenvalue weighted by Gasteiger charge is -2.14. The number of rotatable bonds is 2. The van der Waals surface area contributed by atoms with Gasteiger partial charge in [-0.2, -0.15) is 13.2 Å². The Balaban J connectivity index is 3.60. The lowest BCUT2D eigenvalue weighted by Crippen LogP contribution is -2.17. The van der Waals surface area contributed by atoms with E-state index in [2.05, 4.69) is 20.9 Å². The highest BCUT2D eigenvalue weighted by Crippen LogP contribution is 2.40. The largest absolute Gasteiger partial charge is 0.476 e. The van der Waals surface area contributed by atoms with Crippen LogP contribution in [-0.4, -0.2) is 16.1 Å². The highest BCUT2D eigenvalue weighted by molar-refractivity contribution is 9.10. The van der Waals surface area contributed by atoms with Crippen molar-refractivity contribution in [2.45, 2.75) is 12.6 Å². The van der Waals surface area contributed by atoms with Crippen molar-refractivity contribution in [3.63, 3.8) is 0 Å². The molecule has 1 heterocycles. The smallest absolute Gasteiger partial charge is 0.419 e. The van der Waals surface area contributed by atoms with Gasteiger partial charge in [0.25, 0.3) is 6.43 Å². The second-order valence-electron chi connectivity index (χ2n) is 2.85. The van der Waals surface area contributed by atoms with E-state index >= 15 is 0 Å². The fraction of sp³-hybridized carbons (Fsp3) is 0.250. The number of hydrogen-bond acceptors (Lipinski definition) is 2. The maximum atomic E-state index is 12.5. The molecular weight excluding hydrogens is 317 g/mol. The van der Waals surface area contributed by atoms with Crippen LogP contribution in [0.25, 0.3) is 0 Å². The van der Waals surface area contributed by atoms with E-state index in [-0.39, 0.29) is 0 Å². The first kappa shape index (κ1) is 13.8. The molecule has 1 aromatic heterocycles. The predicted molar refractivity (Wildman–Crippen MR) is 48.9 cm³/mol. The highest BCUT2D eigenvalue weighted by Gasteiger charge is 2.40. The van der Waals surface area contributed by atoms with Crippen LogP contribution in [0.4, 0.5) is 22.0 Å². The topological polar surface area (TPSA) is 50.2 Å². The monoisotopic (exact) mass is 319 g/mol. The van der Waals surface area contributed by atoms with Crippen molar-refractivity contribution in [2.24, 2.45) is 0 Å². The zero-order valence-electron chi connectivity index (χ0n) is 7.73. The van der Waals surface area contributed by atoms with Crippen LogP contribution in [0.3, 0.4) is 0 Å². The molecule has 0 saturated heterocycles. The summed E-state index contributed by atoms with van der Waals surface area (Å²) in [6, 6.07) is 0. The minimum absolute atomic E-state index is 0.396. The van der Waals surface area contributed by atoms with Crippen molar-refractivity contribution in [1.29, 1.82) is 0 Å². The first-order chi connectivity index (χ1) is 7.66. The SMILES string of the molecule is O=C(O)c1ncc(C(F)F)c(Br)c1C(F)(F)F. The molecule has 0 fully saturated rings. The average molecular weight is 320 g/mol. The van der Waals surface area contributed by atoms with E-state index in [1.807, 2.05) is 0 Å². The zero-order valence-corrected chi connectivity index (χ0v) is 9.31. The third kappa shape index (κ3) is 2.71. The number of halogens is 6. The average Bonchev–Trinajstić information content (AvgIpc) is 2.14. The van der Waals surface area contributed by atoms with Gasteiger partial charge in [0.1, 0.15) is 5.56 Å². The first-order valence-electron chi connectivity index (χ1n) is 3.93. The summed E-state index contributed by atoms with van der Waals surface area (Å²) in [6.45, 7) is 0. The van der Waals surface area contributed by atoms with Gasteiger partial charge in [0, 0.05) is 10.7 Å². The molecule has 17 heavy (non-hydrogen) atoms. The molecule has 0 radical (unpaired) electrons. The van der Waals surface area contributed by atoms with Crippen LogP contribution >= 0.6 is 15.9 Å². The van der Waals surface area contributed by atoms with Crippen LogP contribution in [0.15, 0.2) is 10.7 Å². The van der Waals surface area contributed by atoms with Crippen molar-refractivity contribution >= 4 is 21.9 Å². The summed E-state index contributed by atoms with van der Waals surface area (Å²) >= 11 is 2.33. The lowest BCUT2D eigenvalue weighted by atomic mass is 10.1. The Labute approximate surface area is 99.4 Å². The summed E-state index contributed by atoms with van der Waals surface area (Å²) in [5, 5.41) is 8.51. The van der Waals surface area contributed by atoms with E-state index in [1.54, 1.807) is 0 Å². The Morgan fingerprint density at radius 1 is 1.41 bits per heavy atom. The maximum Gasteiger partial charge on any atom is 0.419 e. The molecule has 0 aromatic carbocycles. The molecule has 0 spiro atoms. The molecule has 0 amide bonds. The van der Waals surface area contributed by atoms with Crippen molar-refractivity contribution in [3.8, 4) is 0 Å². The molecule has 1 aromatic rings. The van der Waals surface area contributed by atoms with E-state index in [4.69, 9.17) is 5.11 Å². The highest BCUT2D eigenvalue weighted by atomic mass is 79.9. The standard InChI is InChI=1S/C8H3BrF5NO2/c9-4-2(6(10)11)1-15-5(7(16)17)3(4)8(12,13)14/h1,6H,(H,16,17). The lowest BCUT2D eigenvalue weighted by molar-refractivity contribution is -0.139. The van der Waals surface area contributed by atoms with E-state index in [1.165, 1.54) is 0 Å². The van der Waals surface area contributed by atoms with Crippen LogP contribution in [-0.2, 0) is 6.18 Å². The van der Waals surface area contributed by atoms with Crippen LogP contribution in [0.5, 0.6) is 0 Å². The van der Waals surface area contributed by atoms with Gasteiger partial charge in [0.05, 0.1) is 5.56 Å². The normalized spacial score (nSPS) is 11.9. The number of carboxylic acid groups (broad SMARTS) is 1. The van der Waals surface area contributed by atoms with Gasteiger partial charge in [0.2, 0.25) is 0 Å². The minimum Gasteiger partial charge on any atom is -0.476 e. The molecule has 1 rings (SSSR count). The Morgan fingerprint density at radius 2 is 1.94 bits per heavy atom. The van der Waals surface area contributed by atoms with Crippen molar-refractivity contribution < 1.29 is 31.9 Å². The van der Waals surface area contributed by atoms with Crippen molar-refractivity contribution in [1.82, 2.24) is 4.98 Å². The summed E-state index contributed by atoms with van der Waals surface area (Å²) in [7, 11) is 0. The fourth-order valence-electron chi connectivity index (χ4n) is 1.08. The Kier molecular flexibility index (Phi) is 3.70. The molecule has 94 valence electrons. The molecule has 0 bridgehead atoms. The first-order valence-corrected chi connectivity index (χ1v) is 4.72. The molecule has 0 atom stereocenters. The van der Waals surface area contributed by atoms with E-state index in [0.29, 0.717) is 6.20 Å². The van der Waals surface area contributed by atoms with Gasteiger partial charge in [0.15, 0.2) is 5.69 Å². The Bertz CT molecular complexity index is 460. The molecule has 0 unspecified atom stereocenters. The molecule has 0 aliphatic carbocycles. The van der Waals surface area contributed by atoms with Gasteiger partial charge < -0.3 is 5.11 Å². The maximum absolute atomic E-state index is 12.5. The number of carbonyl (C=O) groups is 1. The third-order valence-electron chi connectivity index (χ3n) is 1.76. The summed E-state index contributed by atoms with van der Waals surface area (Å²) in [5.74, 6) is -1.95. The number of hydrogen-bond donors (Lipinski definition) is 1. The van der Waals surface area contributed by atoms with Gasteiger partial charge in [-0.25, -0.2) is 18.6 Å². The second kappa shape index (κ2) is 4.55. The van der Waals surface area contributed by atoms with Crippen molar-refractivity contribution in [3.05, 3.63) is 27.5 Å². The van der Waals surface area contributed by atoms with E-state index < -0.39 is 39.9 Å². The number of carboxylic acids is 1. The summed E-state index contributed by atoms with van der Waals surface area (Å²) in [6.07, 6.45) is -7.89. The van der Waals surface area contributed by atoms with Crippen LogP contribution in [0.2, 0.25) is 0 Å². The predicted octanol–water partition coefficient (Wildman–Crippen LogP) is 3.50. The van der Waals surface area contributed by atoms with Gasteiger partial charge in [-0.15, -0.1) is 0 Å². The van der Waals surface area contributed by atoms with Gasteiger partial charge >= 0.3 is 12.1 Å². The molecule has 9 heteroatoms. The molecule has 0 aliphatic heterocycles. The Morgan fingerprint density at radius 3 is 2.29 bits per heavy atom. The van der Waals surface area contributed by atoms with Crippen LogP contribution in [0, 0.1) is 0 Å². The summed E-state index contributed by atoms with van der Waals surface area (Å²) < 4.78 is 61.3. The molecule has 3 nitrogen and oxygen atoms in total. The molecular formula is C8H3BrF5NO2. The summed E-state index contributed by atoms with van der Waals surface area (Å²) in [5.41, 5.74) is -4.06.